The molecular formula is C20H22N4O2. The predicted octanol–water partition coefficient (Wildman–Crippen LogP) is 4.00. The van der Waals surface area contributed by atoms with Crippen molar-refractivity contribution in [3.05, 3.63) is 64.7 Å². The van der Waals surface area contributed by atoms with Crippen LogP contribution in [0.4, 0.5) is 16.3 Å². The smallest absolute Gasteiger partial charge is 0.313 e. The SMILES string of the molecule is Cc1cccc(NC(=O)Nc2cn(CC(C)C)c(=O)c3ccccc23)n1. The Bertz CT molecular complexity index is 1010. The van der Waals surface area contributed by atoms with Crippen LogP contribution >= 0.6 is 0 Å². The molecule has 6 heteroatoms. The molecule has 0 atom stereocenters. The van der Waals surface area contributed by atoms with Crippen molar-refractivity contribution in [2.24, 2.45) is 5.92 Å². The first-order valence-corrected chi connectivity index (χ1v) is 8.58. The van der Waals surface area contributed by atoms with Gasteiger partial charge in [0.25, 0.3) is 5.56 Å². The standard InChI is InChI=1S/C20H22N4O2/c1-13(2)11-24-12-17(15-8-4-5-9-16(15)19(24)25)22-20(26)23-18-10-6-7-14(3)21-18/h4-10,12-13H,11H2,1-3H3,(H2,21,22,23,26). The normalized spacial score (nSPS) is 10.9. The molecule has 0 aliphatic heterocycles. The van der Waals surface area contributed by atoms with Crippen molar-refractivity contribution < 1.29 is 4.79 Å². The van der Waals surface area contributed by atoms with Crippen molar-refractivity contribution >= 4 is 28.3 Å². The van der Waals surface area contributed by atoms with Crippen LogP contribution in [0.5, 0.6) is 0 Å². The average Bonchev–Trinajstić information content (AvgIpc) is 2.58. The van der Waals surface area contributed by atoms with Crippen LogP contribution in [0.3, 0.4) is 0 Å². The van der Waals surface area contributed by atoms with E-state index in [4.69, 9.17) is 0 Å². The van der Waals surface area contributed by atoms with E-state index in [0.717, 1.165) is 5.69 Å². The van der Waals surface area contributed by atoms with Crippen molar-refractivity contribution in [1.82, 2.24) is 9.55 Å². The van der Waals surface area contributed by atoms with Crippen molar-refractivity contribution in [2.45, 2.75) is 27.3 Å². The van der Waals surface area contributed by atoms with Gasteiger partial charge in [-0.1, -0.05) is 38.1 Å². The number of hydrogen-bond donors (Lipinski definition) is 2. The molecule has 2 N–H and O–H groups in total. The Morgan fingerprint density at radius 2 is 1.81 bits per heavy atom. The molecule has 26 heavy (non-hydrogen) atoms. The van der Waals surface area contributed by atoms with Crippen LogP contribution in [0.15, 0.2) is 53.5 Å². The summed E-state index contributed by atoms with van der Waals surface area (Å²) >= 11 is 0. The van der Waals surface area contributed by atoms with E-state index >= 15 is 0 Å². The highest BCUT2D eigenvalue weighted by molar-refractivity contribution is 6.05. The van der Waals surface area contributed by atoms with Crippen LogP contribution in [-0.4, -0.2) is 15.6 Å². The minimum atomic E-state index is -0.400. The van der Waals surface area contributed by atoms with Gasteiger partial charge in [0.05, 0.1) is 5.69 Å². The molecule has 2 amide bonds. The second-order valence-corrected chi connectivity index (χ2v) is 6.68. The van der Waals surface area contributed by atoms with Crippen molar-refractivity contribution in [2.75, 3.05) is 10.6 Å². The zero-order chi connectivity index (χ0) is 18.7. The summed E-state index contributed by atoms with van der Waals surface area (Å²) in [4.78, 5) is 29.3. The molecule has 0 aliphatic carbocycles. The van der Waals surface area contributed by atoms with Gasteiger partial charge in [-0.2, -0.15) is 0 Å². The minimum absolute atomic E-state index is 0.0550. The van der Waals surface area contributed by atoms with Gasteiger partial charge < -0.3 is 9.88 Å². The highest BCUT2D eigenvalue weighted by Gasteiger charge is 2.12. The van der Waals surface area contributed by atoms with Crippen LogP contribution in [0, 0.1) is 12.8 Å². The lowest BCUT2D eigenvalue weighted by molar-refractivity contribution is 0.262. The van der Waals surface area contributed by atoms with E-state index in [-0.39, 0.29) is 5.56 Å². The average molecular weight is 350 g/mol. The minimum Gasteiger partial charge on any atom is -0.313 e. The number of aryl methyl sites for hydroxylation is 1. The van der Waals surface area contributed by atoms with Crippen LogP contribution in [-0.2, 0) is 6.54 Å². The number of pyridine rings is 2. The fraction of sp³-hybridized carbons (Fsp3) is 0.250. The third kappa shape index (κ3) is 3.91. The first-order chi connectivity index (χ1) is 12.4. The van der Waals surface area contributed by atoms with E-state index in [9.17, 15) is 9.59 Å². The van der Waals surface area contributed by atoms with Crippen molar-refractivity contribution in [3.63, 3.8) is 0 Å². The quantitative estimate of drug-likeness (QED) is 0.746. The number of aromatic nitrogens is 2. The van der Waals surface area contributed by atoms with E-state index in [1.54, 1.807) is 22.9 Å². The zero-order valence-corrected chi connectivity index (χ0v) is 15.1. The van der Waals surface area contributed by atoms with Gasteiger partial charge in [-0.15, -0.1) is 0 Å². The van der Waals surface area contributed by atoms with Crippen molar-refractivity contribution in [3.8, 4) is 0 Å². The van der Waals surface area contributed by atoms with Crippen molar-refractivity contribution in [1.29, 1.82) is 0 Å². The molecule has 0 unspecified atom stereocenters. The second kappa shape index (κ2) is 7.39. The number of carbonyl (C=O) groups is 1. The number of nitrogens with zero attached hydrogens (tertiary/aromatic N) is 2. The number of benzene rings is 1. The Kier molecular flexibility index (Phi) is 5.02. The van der Waals surface area contributed by atoms with Gasteiger partial charge in [0.15, 0.2) is 0 Å². The van der Waals surface area contributed by atoms with E-state index < -0.39 is 6.03 Å². The zero-order valence-electron chi connectivity index (χ0n) is 15.1. The summed E-state index contributed by atoms with van der Waals surface area (Å²) in [5, 5.41) is 6.86. The summed E-state index contributed by atoms with van der Waals surface area (Å²) in [6.45, 7) is 6.54. The predicted molar refractivity (Wildman–Crippen MR) is 105 cm³/mol. The second-order valence-electron chi connectivity index (χ2n) is 6.68. The molecule has 3 aromatic rings. The van der Waals surface area contributed by atoms with Crippen LogP contribution in [0.2, 0.25) is 0 Å². The fourth-order valence-corrected chi connectivity index (χ4v) is 2.85. The number of rotatable bonds is 4. The molecule has 0 spiro atoms. The number of amides is 2. The Hall–Kier alpha value is -3.15. The third-order valence-corrected chi connectivity index (χ3v) is 3.93. The lowest BCUT2D eigenvalue weighted by Gasteiger charge is -2.15. The number of fused-ring (bicyclic) bond motifs is 1. The molecule has 0 radical (unpaired) electrons. The molecule has 0 fully saturated rings. The summed E-state index contributed by atoms with van der Waals surface area (Å²) in [6, 6.07) is 12.3. The van der Waals surface area contributed by atoms with Gasteiger partial charge in [-0.3, -0.25) is 10.1 Å². The number of carbonyl (C=O) groups excluding carboxylic acids is 1. The highest BCUT2D eigenvalue weighted by atomic mass is 16.2. The van der Waals surface area contributed by atoms with Crippen LogP contribution in [0.25, 0.3) is 10.8 Å². The van der Waals surface area contributed by atoms with Gasteiger partial charge in [-0.05, 0) is 31.0 Å². The molecule has 0 saturated heterocycles. The molecule has 2 heterocycles. The summed E-state index contributed by atoms with van der Waals surface area (Å²) in [5.41, 5.74) is 1.35. The largest absolute Gasteiger partial charge is 0.324 e. The van der Waals surface area contributed by atoms with Crippen LogP contribution < -0.4 is 16.2 Å². The number of anilines is 2. The Morgan fingerprint density at radius 3 is 2.50 bits per heavy atom. The van der Waals surface area contributed by atoms with Gasteiger partial charge in [0, 0.05) is 29.2 Å². The highest BCUT2D eigenvalue weighted by Crippen LogP contribution is 2.21. The first-order valence-electron chi connectivity index (χ1n) is 8.58. The van der Waals surface area contributed by atoms with Gasteiger partial charge in [0.1, 0.15) is 5.82 Å². The monoisotopic (exact) mass is 350 g/mol. The molecule has 0 aliphatic rings. The Labute approximate surface area is 151 Å². The van der Waals surface area contributed by atoms with Gasteiger partial charge in [-0.25, -0.2) is 9.78 Å². The third-order valence-electron chi connectivity index (χ3n) is 3.93. The maximum absolute atomic E-state index is 12.7. The summed E-state index contributed by atoms with van der Waals surface area (Å²) in [7, 11) is 0. The Morgan fingerprint density at radius 1 is 1.08 bits per heavy atom. The van der Waals surface area contributed by atoms with Gasteiger partial charge >= 0.3 is 6.03 Å². The maximum atomic E-state index is 12.7. The number of urea groups is 1. The lowest BCUT2D eigenvalue weighted by Crippen LogP contribution is -2.25. The summed E-state index contributed by atoms with van der Waals surface area (Å²) < 4.78 is 1.65. The number of hydrogen-bond acceptors (Lipinski definition) is 3. The molecule has 1 aromatic carbocycles. The number of nitrogens with one attached hydrogen (secondary N) is 2. The summed E-state index contributed by atoms with van der Waals surface area (Å²) in [5.74, 6) is 0.786. The van der Waals surface area contributed by atoms with Crippen LogP contribution in [0.1, 0.15) is 19.5 Å². The summed E-state index contributed by atoms with van der Waals surface area (Å²) in [6.07, 6.45) is 1.70. The van der Waals surface area contributed by atoms with E-state index in [1.165, 1.54) is 0 Å². The molecule has 0 saturated carbocycles. The molecule has 6 nitrogen and oxygen atoms in total. The maximum Gasteiger partial charge on any atom is 0.324 e. The molecular weight excluding hydrogens is 328 g/mol. The molecule has 2 aromatic heterocycles. The molecule has 134 valence electrons. The Balaban J connectivity index is 1.94. The molecule has 3 rings (SSSR count). The van der Waals surface area contributed by atoms with Gasteiger partial charge in [0.2, 0.25) is 0 Å². The van der Waals surface area contributed by atoms with E-state index in [0.29, 0.717) is 34.7 Å². The van der Waals surface area contributed by atoms with E-state index in [2.05, 4.69) is 15.6 Å². The lowest BCUT2D eigenvalue weighted by atomic mass is 10.1. The first kappa shape index (κ1) is 17.7. The fourth-order valence-electron chi connectivity index (χ4n) is 2.85. The topological polar surface area (TPSA) is 76.0 Å². The van der Waals surface area contributed by atoms with E-state index in [1.807, 2.05) is 51.1 Å². The molecule has 0 bridgehead atoms.